The lowest BCUT2D eigenvalue weighted by atomic mass is 10.1. The SMILES string of the molecule is CN(C)[C@@H]1CCN(C(=O)c2nc([C@H]3CCCN3C(=O)c3ccccc3)n3ccccc23)C1. The Morgan fingerprint density at radius 1 is 0.969 bits per heavy atom. The number of fused-ring (bicyclic) bond motifs is 1. The fourth-order valence-corrected chi connectivity index (χ4v) is 4.98. The lowest BCUT2D eigenvalue weighted by Gasteiger charge is -2.24. The Kier molecular flexibility index (Phi) is 5.43. The minimum atomic E-state index is -0.146. The number of imidazole rings is 1. The number of pyridine rings is 1. The lowest BCUT2D eigenvalue weighted by molar-refractivity contribution is 0.0729. The van der Waals surface area contributed by atoms with Crippen molar-refractivity contribution in [3.8, 4) is 0 Å². The van der Waals surface area contributed by atoms with Gasteiger partial charge in [-0.15, -0.1) is 0 Å². The minimum absolute atomic E-state index is 0.0158. The molecule has 7 nitrogen and oxygen atoms in total. The number of hydrogen-bond donors (Lipinski definition) is 0. The normalized spacial score (nSPS) is 21.1. The first-order chi connectivity index (χ1) is 15.5. The van der Waals surface area contributed by atoms with Crippen LogP contribution in [0.15, 0.2) is 54.7 Å². The molecule has 166 valence electrons. The Bertz CT molecular complexity index is 1140. The van der Waals surface area contributed by atoms with E-state index in [1.807, 2.05) is 68.9 Å². The van der Waals surface area contributed by atoms with Crippen LogP contribution in [0.25, 0.3) is 5.52 Å². The van der Waals surface area contributed by atoms with E-state index in [0.29, 0.717) is 23.8 Å². The number of rotatable bonds is 4. The monoisotopic (exact) mass is 431 g/mol. The maximum atomic E-state index is 13.4. The second-order valence-corrected chi connectivity index (χ2v) is 8.95. The molecule has 32 heavy (non-hydrogen) atoms. The number of amides is 2. The van der Waals surface area contributed by atoms with E-state index in [0.717, 1.165) is 43.7 Å². The zero-order chi connectivity index (χ0) is 22.2. The van der Waals surface area contributed by atoms with Gasteiger partial charge in [0.2, 0.25) is 0 Å². The molecule has 0 radical (unpaired) electrons. The summed E-state index contributed by atoms with van der Waals surface area (Å²) in [5.74, 6) is 0.763. The van der Waals surface area contributed by atoms with E-state index >= 15 is 0 Å². The molecule has 2 aliphatic rings. The Balaban J connectivity index is 1.49. The number of hydrogen-bond acceptors (Lipinski definition) is 4. The van der Waals surface area contributed by atoms with Crippen molar-refractivity contribution >= 4 is 17.3 Å². The van der Waals surface area contributed by atoms with Gasteiger partial charge in [0.25, 0.3) is 11.8 Å². The topological polar surface area (TPSA) is 61.2 Å². The van der Waals surface area contributed by atoms with E-state index in [4.69, 9.17) is 4.98 Å². The predicted octanol–water partition coefficient (Wildman–Crippen LogP) is 3.09. The standard InChI is InChI=1S/C25H29N5O2/c1-27(2)19-13-16-28(17-19)25(32)22-20-11-6-7-14-29(20)23(26-22)21-12-8-15-30(21)24(31)18-9-4-3-5-10-18/h3-7,9-11,14,19,21H,8,12-13,15-17H2,1-2H3/t19-,21-/m1/s1. The molecule has 2 amide bonds. The van der Waals surface area contributed by atoms with E-state index in [1.165, 1.54) is 0 Å². The Morgan fingerprint density at radius 3 is 2.50 bits per heavy atom. The summed E-state index contributed by atoms with van der Waals surface area (Å²) in [6.45, 7) is 2.15. The van der Waals surface area contributed by atoms with Crippen LogP contribution in [0.4, 0.5) is 0 Å². The van der Waals surface area contributed by atoms with Crippen LogP contribution in [0, 0.1) is 0 Å². The van der Waals surface area contributed by atoms with Crippen molar-refractivity contribution in [3.63, 3.8) is 0 Å². The van der Waals surface area contributed by atoms with Crippen LogP contribution in [-0.4, -0.2) is 75.7 Å². The fourth-order valence-electron chi connectivity index (χ4n) is 4.98. The van der Waals surface area contributed by atoms with Crippen molar-refractivity contribution in [2.24, 2.45) is 0 Å². The molecule has 3 aromatic rings. The molecule has 0 saturated carbocycles. The third kappa shape index (κ3) is 3.56. The number of likely N-dealkylation sites (N-methyl/N-ethyl adjacent to an activating group) is 1. The molecule has 2 aromatic heterocycles. The predicted molar refractivity (Wildman–Crippen MR) is 123 cm³/mol. The number of carbonyl (C=O) groups is 2. The number of benzene rings is 1. The van der Waals surface area contributed by atoms with Gasteiger partial charge in [0.15, 0.2) is 5.69 Å². The van der Waals surface area contributed by atoms with Gasteiger partial charge in [-0.1, -0.05) is 24.3 Å². The zero-order valence-electron chi connectivity index (χ0n) is 18.6. The van der Waals surface area contributed by atoms with Crippen LogP contribution in [0.1, 0.15) is 52.0 Å². The number of carbonyl (C=O) groups excluding carboxylic acids is 2. The summed E-state index contributed by atoms with van der Waals surface area (Å²) < 4.78 is 1.99. The maximum Gasteiger partial charge on any atom is 0.274 e. The molecule has 2 saturated heterocycles. The summed E-state index contributed by atoms with van der Waals surface area (Å²) in [7, 11) is 4.11. The van der Waals surface area contributed by atoms with Crippen LogP contribution in [0.2, 0.25) is 0 Å². The highest BCUT2D eigenvalue weighted by atomic mass is 16.2. The van der Waals surface area contributed by atoms with Crippen molar-refractivity contribution < 1.29 is 9.59 Å². The maximum absolute atomic E-state index is 13.4. The minimum Gasteiger partial charge on any atom is -0.336 e. The molecule has 1 aromatic carbocycles. The van der Waals surface area contributed by atoms with Gasteiger partial charge in [0.1, 0.15) is 5.82 Å². The highest BCUT2D eigenvalue weighted by Gasteiger charge is 2.36. The van der Waals surface area contributed by atoms with Crippen LogP contribution < -0.4 is 0 Å². The van der Waals surface area contributed by atoms with Gasteiger partial charge in [0.05, 0.1) is 11.6 Å². The first-order valence-electron chi connectivity index (χ1n) is 11.3. The van der Waals surface area contributed by atoms with Crippen molar-refractivity contribution in [2.45, 2.75) is 31.3 Å². The highest BCUT2D eigenvalue weighted by Crippen LogP contribution is 2.34. The van der Waals surface area contributed by atoms with Gasteiger partial charge >= 0.3 is 0 Å². The number of aromatic nitrogens is 2. The quantitative estimate of drug-likeness (QED) is 0.637. The molecule has 7 heteroatoms. The van der Waals surface area contributed by atoms with Crippen molar-refractivity contribution in [1.82, 2.24) is 24.1 Å². The van der Waals surface area contributed by atoms with Crippen LogP contribution >= 0.6 is 0 Å². The van der Waals surface area contributed by atoms with Gasteiger partial charge in [-0.2, -0.15) is 0 Å². The van der Waals surface area contributed by atoms with E-state index in [-0.39, 0.29) is 17.9 Å². The van der Waals surface area contributed by atoms with Crippen LogP contribution in [0.5, 0.6) is 0 Å². The molecule has 2 atom stereocenters. The summed E-state index contributed by atoms with van der Waals surface area (Å²) >= 11 is 0. The van der Waals surface area contributed by atoms with E-state index in [1.54, 1.807) is 0 Å². The van der Waals surface area contributed by atoms with Gasteiger partial charge in [-0.25, -0.2) is 4.98 Å². The molecule has 0 spiro atoms. The zero-order valence-corrected chi connectivity index (χ0v) is 18.6. The molecule has 4 heterocycles. The van der Waals surface area contributed by atoms with Crippen molar-refractivity contribution in [1.29, 1.82) is 0 Å². The van der Waals surface area contributed by atoms with E-state index in [9.17, 15) is 9.59 Å². The highest BCUT2D eigenvalue weighted by molar-refractivity contribution is 5.99. The van der Waals surface area contributed by atoms with E-state index < -0.39 is 0 Å². The van der Waals surface area contributed by atoms with Gasteiger partial charge in [-0.05, 0) is 57.6 Å². The summed E-state index contributed by atoms with van der Waals surface area (Å²) in [6, 6.07) is 15.4. The first kappa shape index (κ1) is 20.7. The Labute approximate surface area is 188 Å². The van der Waals surface area contributed by atoms with Crippen LogP contribution in [0.3, 0.4) is 0 Å². The number of nitrogens with zero attached hydrogens (tertiary/aromatic N) is 5. The molecule has 0 N–H and O–H groups in total. The van der Waals surface area contributed by atoms with Gasteiger partial charge < -0.3 is 19.1 Å². The molecule has 2 aliphatic heterocycles. The largest absolute Gasteiger partial charge is 0.336 e. The molecule has 2 fully saturated rings. The second-order valence-electron chi connectivity index (χ2n) is 8.95. The average Bonchev–Trinajstić information content (AvgIpc) is 3.57. The third-order valence-corrected chi connectivity index (χ3v) is 6.79. The van der Waals surface area contributed by atoms with Crippen molar-refractivity contribution in [3.05, 3.63) is 71.8 Å². The van der Waals surface area contributed by atoms with E-state index in [2.05, 4.69) is 19.0 Å². The second kappa shape index (κ2) is 8.39. The molecule has 0 unspecified atom stereocenters. The molecular weight excluding hydrogens is 402 g/mol. The average molecular weight is 432 g/mol. The van der Waals surface area contributed by atoms with Crippen molar-refractivity contribution in [2.75, 3.05) is 33.7 Å². The molecule has 0 aliphatic carbocycles. The molecular formula is C25H29N5O2. The molecule has 5 rings (SSSR count). The Hall–Kier alpha value is -3.19. The number of likely N-dealkylation sites (tertiary alicyclic amines) is 2. The fraction of sp³-hybridized carbons (Fsp3) is 0.400. The third-order valence-electron chi connectivity index (χ3n) is 6.79. The summed E-state index contributed by atoms with van der Waals surface area (Å²) in [6.07, 6.45) is 4.68. The molecule has 0 bridgehead atoms. The van der Waals surface area contributed by atoms with Crippen LogP contribution in [-0.2, 0) is 0 Å². The summed E-state index contributed by atoms with van der Waals surface area (Å²) in [5.41, 5.74) is 1.97. The lowest BCUT2D eigenvalue weighted by Crippen LogP contribution is -2.34. The Morgan fingerprint density at radius 2 is 1.75 bits per heavy atom. The summed E-state index contributed by atoms with van der Waals surface area (Å²) in [5, 5.41) is 0. The van der Waals surface area contributed by atoms with Gasteiger partial charge in [0, 0.05) is 37.4 Å². The first-order valence-corrected chi connectivity index (χ1v) is 11.3. The van der Waals surface area contributed by atoms with Gasteiger partial charge in [-0.3, -0.25) is 9.59 Å². The summed E-state index contributed by atoms with van der Waals surface area (Å²) in [4.78, 5) is 37.5. The smallest absolute Gasteiger partial charge is 0.274 e.